The van der Waals surface area contributed by atoms with Crippen LogP contribution in [0.4, 0.5) is 0 Å². The summed E-state index contributed by atoms with van der Waals surface area (Å²) in [6.07, 6.45) is 0.765. The second kappa shape index (κ2) is 6.12. The maximum atomic E-state index is 11.9. The molecule has 1 amide bonds. The van der Waals surface area contributed by atoms with Crippen LogP contribution in [0.5, 0.6) is 5.75 Å². The summed E-state index contributed by atoms with van der Waals surface area (Å²) in [4.78, 5) is 11.9. The van der Waals surface area contributed by atoms with Crippen molar-refractivity contribution in [3.05, 3.63) is 29.8 Å². The molecule has 0 bridgehead atoms. The van der Waals surface area contributed by atoms with Gasteiger partial charge in [-0.15, -0.1) is 0 Å². The molecule has 1 rings (SSSR count). The lowest BCUT2D eigenvalue weighted by atomic mass is 10.1. The van der Waals surface area contributed by atoms with Crippen molar-refractivity contribution in [3.8, 4) is 5.75 Å². The molecule has 0 aliphatic heterocycles. The number of para-hydroxylation sites is 1. The first-order valence-electron chi connectivity index (χ1n) is 5.33. The number of carbonyl (C=O) groups is 1. The molecular formula is C12H18N2O2. The molecule has 0 aromatic heterocycles. The standard InChI is InChI=1S/C12H18N2O2/c1-9(7-8-13)14-12(15)10-5-3-4-6-11(10)16-2/h3-6,9H,7-8,13H2,1-2H3,(H,14,15). The summed E-state index contributed by atoms with van der Waals surface area (Å²) in [5.41, 5.74) is 5.97. The molecule has 4 heteroatoms. The van der Waals surface area contributed by atoms with Crippen LogP contribution in [-0.2, 0) is 0 Å². The molecular weight excluding hydrogens is 204 g/mol. The van der Waals surface area contributed by atoms with Gasteiger partial charge in [-0.3, -0.25) is 4.79 Å². The number of ether oxygens (including phenoxy) is 1. The fraction of sp³-hybridized carbons (Fsp3) is 0.417. The quantitative estimate of drug-likeness (QED) is 0.785. The SMILES string of the molecule is COc1ccccc1C(=O)NC(C)CCN. The van der Waals surface area contributed by atoms with E-state index < -0.39 is 0 Å². The number of nitrogens with one attached hydrogen (secondary N) is 1. The summed E-state index contributed by atoms with van der Waals surface area (Å²) in [7, 11) is 1.55. The molecule has 0 heterocycles. The lowest BCUT2D eigenvalue weighted by Crippen LogP contribution is -2.34. The highest BCUT2D eigenvalue weighted by atomic mass is 16.5. The average molecular weight is 222 g/mol. The Kier molecular flexibility index (Phi) is 4.79. The van der Waals surface area contributed by atoms with Crippen molar-refractivity contribution in [2.75, 3.05) is 13.7 Å². The fourth-order valence-corrected chi connectivity index (χ4v) is 1.46. The number of hydrogen-bond donors (Lipinski definition) is 2. The van der Waals surface area contributed by atoms with E-state index in [2.05, 4.69) is 5.32 Å². The molecule has 1 atom stereocenters. The lowest BCUT2D eigenvalue weighted by molar-refractivity contribution is 0.0936. The molecule has 0 radical (unpaired) electrons. The maximum Gasteiger partial charge on any atom is 0.255 e. The van der Waals surface area contributed by atoms with Crippen LogP contribution >= 0.6 is 0 Å². The zero-order valence-corrected chi connectivity index (χ0v) is 9.69. The maximum absolute atomic E-state index is 11.9. The smallest absolute Gasteiger partial charge is 0.255 e. The third-order valence-electron chi connectivity index (χ3n) is 2.33. The van der Waals surface area contributed by atoms with E-state index in [-0.39, 0.29) is 11.9 Å². The summed E-state index contributed by atoms with van der Waals surface area (Å²) in [6.45, 7) is 2.49. The molecule has 1 unspecified atom stereocenters. The Labute approximate surface area is 95.8 Å². The van der Waals surface area contributed by atoms with Crippen LogP contribution in [0.2, 0.25) is 0 Å². The fourth-order valence-electron chi connectivity index (χ4n) is 1.46. The molecule has 0 saturated heterocycles. The Hall–Kier alpha value is -1.55. The van der Waals surface area contributed by atoms with Crippen molar-refractivity contribution >= 4 is 5.91 Å². The van der Waals surface area contributed by atoms with Crippen LogP contribution in [0.25, 0.3) is 0 Å². The van der Waals surface area contributed by atoms with Crippen LogP contribution in [0.15, 0.2) is 24.3 Å². The number of carbonyl (C=O) groups excluding carboxylic acids is 1. The van der Waals surface area contributed by atoms with Gasteiger partial charge in [0, 0.05) is 6.04 Å². The van der Waals surface area contributed by atoms with Crippen LogP contribution < -0.4 is 15.8 Å². The average Bonchev–Trinajstić information content (AvgIpc) is 2.29. The van der Waals surface area contributed by atoms with Gasteiger partial charge < -0.3 is 15.8 Å². The second-order valence-electron chi connectivity index (χ2n) is 3.65. The van der Waals surface area contributed by atoms with Gasteiger partial charge in [-0.1, -0.05) is 12.1 Å². The second-order valence-corrected chi connectivity index (χ2v) is 3.65. The molecule has 0 aliphatic rings. The van der Waals surface area contributed by atoms with E-state index in [1.807, 2.05) is 19.1 Å². The Morgan fingerprint density at radius 3 is 2.81 bits per heavy atom. The Balaban J connectivity index is 2.72. The summed E-state index contributed by atoms with van der Waals surface area (Å²) in [5.74, 6) is 0.457. The minimum Gasteiger partial charge on any atom is -0.496 e. The molecule has 0 saturated carbocycles. The van der Waals surface area contributed by atoms with Crippen LogP contribution in [0, 0.1) is 0 Å². The van der Waals surface area contributed by atoms with Gasteiger partial charge in [-0.05, 0) is 32.0 Å². The molecule has 16 heavy (non-hydrogen) atoms. The summed E-state index contributed by atoms with van der Waals surface area (Å²) < 4.78 is 5.12. The van der Waals surface area contributed by atoms with Crippen molar-refractivity contribution in [1.82, 2.24) is 5.32 Å². The van der Waals surface area contributed by atoms with E-state index in [0.29, 0.717) is 17.9 Å². The van der Waals surface area contributed by atoms with Crippen molar-refractivity contribution in [2.45, 2.75) is 19.4 Å². The van der Waals surface area contributed by atoms with E-state index in [1.165, 1.54) is 0 Å². The van der Waals surface area contributed by atoms with Crippen molar-refractivity contribution < 1.29 is 9.53 Å². The number of hydrogen-bond acceptors (Lipinski definition) is 3. The first-order valence-corrected chi connectivity index (χ1v) is 5.33. The van der Waals surface area contributed by atoms with Crippen LogP contribution in [0.1, 0.15) is 23.7 Å². The summed E-state index contributed by atoms with van der Waals surface area (Å²) >= 11 is 0. The van der Waals surface area contributed by atoms with E-state index >= 15 is 0 Å². The van der Waals surface area contributed by atoms with Crippen LogP contribution in [0.3, 0.4) is 0 Å². The van der Waals surface area contributed by atoms with Crippen molar-refractivity contribution in [1.29, 1.82) is 0 Å². The van der Waals surface area contributed by atoms with Gasteiger partial charge in [-0.2, -0.15) is 0 Å². The van der Waals surface area contributed by atoms with Gasteiger partial charge in [0.2, 0.25) is 0 Å². The Morgan fingerprint density at radius 1 is 1.50 bits per heavy atom. The number of methoxy groups -OCH3 is 1. The molecule has 1 aromatic carbocycles. The number of benzene rings is 1. The zero-order valence-electron chi connectivity index (χ0n) is 9.69. The normalized spacial score (nSPS) is 11.9. The zero-order chi connectivity index (χ0) is 12.0. The number of nitrogens with two attached hydrogens (primary N) is 1. The van der Waals surface area contributed by atoms with Crippen molar-refractivity contribution in [2.24, 2.45) is 5.73 Å². The van der Waals surface area contributed by atoms with E-state index in [9.17, 15) is 4.79 Å². The van der Waals surface area contributed by atoms with Gasteiger partial charge in [0.25, 0.3) is 5.91 Å². The Bertz CT molecular complexity index is 353. The monoisotopic (exact) mass is 222 g/mol. The highest BCUT2D eigenvalue weighted by Crippen LogP contribution is 2.17. The van der Waals surface area contributed by atoms with E-state index in [0.717, 1.165) is 6.42 Å². The first kappa shape index (κ1) is 12.5. The largest absolute Gasteiger partial charge is 0.496 e. The van der Waals surface area contributed by atoms with Crippen molar-refractivity contribution in [3.63, 3.8) is 0 Å². The first-order chi connectivity index (χ1) is 7.69. The Morgan fingerprint density at radius 2 is 2.19 bits per heavy atom. The molecule has 4 nitrogen and oxygen atoms in total. The van der Waals surface area contributed by atoms with E-state index in [4.69, 9.17) is 10.5 Å². The molecule has 0 spiro atoms. The van der Waals surface area contributed by atoms with Crippen LogP contribution in [-0.4, -0.2) is 25.6 Å². The minimum atomic E-state index is -0.126. The molecule has 88 valence electrons. The molecule has 0 fully saturated rings. The lowest BCUT2D eigenvalue weighted by Gasteiger charge is -2.14. The molecule has 0 aliphatic carbocycles. The van der Waals surface area contributed by atoms with Gasteiger partial charge in [0.05, 0.1) is 12.7 Å². The highest BCUT2D eigenvalue weighted by molar-refractivity contribution is 5.97. The third kappa shape index (κ3) is 3.24. The van der Waals surface area contributed by atoms with E-state index in [1.54, 1.807) is 19.2 Å². The van der Waals surface area contributed by atoms with Gasteiger partial charge in [-0.25, -0.2) is 0 Å². The predicted molar refractivity (Wildman–Crippen MR) is 63.6 cm³/mol. The predicted octanol–water partition coefficient (Wildman–Crippen LogP) is 1.16. The third-order valence-corrected chi connectivity index (χ3v) is 2.33. The summed E-state index contributed by atoms with van der Waals surface area (Å²) in [5, 5.41) is 2.87. The number of amides is 1. The van der Waals surface area contributed by atoms with Gasteiger partial charge in [0.1, 0.15) is 5.75 Å². The highest BCUT2D eigenvalue weighted by Gasteiger charge is 2.13. The number of rotatable bonds is 5. The molecule has 1 aromatic rings. The molecule has 3 N–H and O–H groups in total. The summed E-state index contributed by atoms with van der Waals surface area (Å²) in [6, 6.07) is 7.22. The minimum absolute atomic E-state index is 0.0717. The topological polar surface area (TPSA) is 64.3 Å². The van der Waals surface area contributed by atoms with Gasteiger partial charge in [0.15, 0.2) is 0 Å². The van der Waals surface area contributed by atoms with Gasteiger partial charge >= 0.3 is 0 Å².